The van der Waals surface area contributed by atoms with E-state index in [9.17, 15) is 8.78 Å². The molecule has 3 N–H and O–H groups in total. The van der Waals surface area contributed by atoms with Crippen LogP contribution < -0.4 is 15.8 Å². The number of nitrogens with two attached hydrogens (primary N) is 1. The Labute approximate surface area is 125 Å². The number of hydrogen-bond donors (Lipinski definition) is 2. The Morgan fingerprint density at radius 1 is 1.50 bits per heavy atom. The molecule has 0 bridgehead atoms. The second-order valence-corrected chi connectivity index (χ2v) is 5.03. The fraction of sp³-hybridized carbons (Fsp3) is 0.462. The molecule has 0 aliphatic heterocycles. The molecule has 0 aliphatic rings. The van der Waals surface area contributed by atoms with Crippen LogP contribution in [0.3, 0.4) is 0 Å². The van der Waals surface area contributed by atoms with Crippen LogP contribution in [0.25, 0.3) is 0 Å². The largest absolute Gasteiger partial charge is 0.434 e. The zero-order chi connectivity index (χ0) is 15.0. The van der Waals surface area contributed by atoms with Gasteiger partial charge in [0.15, 0.2) is 5.96 Å². The second kappa shape index (κ2) is 8.73. The van der Waals surface area contributed by atoms with Gasteiger partial charge in [0, 0.05) is 16.6 Å². The van der Waals surface area contributed by atoms with Crippen LogP contribution in [-0.4, -0.2) is 19.1 Å². The first-order valence-electron chi connectivity index (χ1n) is 6.30. The fourth-order valence-electron chi connectivity index (χ4n) is 1.50. The molecule has 1 rings (SSSR count). The van der Waals surface area contributed by atoms with Crippen molar-refractivity contribution in [2.45, 2.75) is 32.9 Å². The molecule has 0 saturated carbocycles. The molecule has 0 heterocycles. The number of guanidine groups is 1. The third kappa shape index (κ3) is 6.18. The van der Waals surface area contributed by atoms with Crippen molar-refractivity contribution in [1.82, 2.24) is 5.32 Å². The molecule has 0 saturated heterocycles. The van der Waals surface area contributed by atoms with E-state index in [4.69, 9.17) is 5.73 Å². The van der Waals surface area contributed by atoms with Crippen molar-refractivity contribution in [2.75, 3.05) is 6.54 Å². The molecule has 0 unspecified atom stereocenters. The number of unbranched alkanes of at least 4 members (excludes halogenated alkanes) is 1. The molecule has 7 heteroatoms. The number of nitrogens with one attached hydrogen (secondary N) is 1. The summed E-state index contributed by atoms with van der Waals surface area (Å²) in [5.74, 6) is 0.398. The molecular formula is C13H18BrF2N3O. The average molecular weight is 350 g/mol. The van der Waals surface area contributed by atoms with Crippen LogP contribution in [-0.2, 0) is 6.54 Å². The van der Waals surface area contributed by atoms with Gasteiger partial charge in [-0.2, -0.15) is 8.78 Å². The quantitative estimate of drug-likeness (QED) is 0.451. The van der Waals surface area contributed by atoms with Crippen molar-refractivity contribution in [1.29, 1.82) is 0 Å². The van der Waals surface area contributed by atoms with Crippen LogP contribution in [0.1, 0.15) is 25.3 Å². The monoisotopic (exact) mass is 349 g/mol. The summed E-state index contributed by atoms with van der Waals surface area (Å²) in [6, 6.07) is 4.79. The van der Waals surface area contributed by atoms with Gasteiger partial charge in [-0.15, -0.1) is 0 Å². The van der Waals surface area contributed by atoms with Gasteiger partial charge in [-0.05, 0) is 24.6 Å². The first kappa shape index (κ1) is 16.7. The maximum absolute atomic E-state index is 12.3. The van der Waals surface area contributed by atoms with Crippen LogP contribution in [0.4, 0.5) is 8.78 Å². The maximum atomic E-state index is 12.3. The number of halogens is 3. The highest BCUT2D eigenvalue weighted by atomic mass is 79.9. The van der Waals surface area contributed by atoms with Crippen molar-refractivity contribution < 1.29 is 13.5 Å². The summed E-state index contributed by atoms with van der Waals surface area (Å²) in [5.41, 5.74) is 6.23. The minimum Gasteiger partial charge on any atom is -0.434 e. The highest BCUT2D eigenvalue weighted by Gasteiger charge is 2.10. The molecule has 0 amide bonds. The van der Waals surface area contributed by atoms with Crippen molar-refractivity contribution in [3.05, 3.63) is 28.2 Å². The lowest BCUT2D eigenvalue weighted by atomic mass is 10.2. The molecule has 0 spiro atoms. The SMILES string of the molecule is CCCCNC(N)=NCc1cc(Br)ccc1OC(F)F. The Morgan fingerprint density at radius 3 is 2.90 bits per heavy atom. The van der Waals surface area contributed by atoms with Gasteiger partial charge in [-0.1, -0.05) is 29.3 Å². The van der Waals surface area contributed by atoms with Gasteiger partial charge in [0.25, 0.3) is 0 Å². The zero-order valence-corrected chi connectivity index (χ0v) is 12.8. The number of benzene rings is 1. The van der Waals surface area contributed by atoms with Crippen LogP contribution in [0.2, 0.25) is 0 Å². The van der Waals surface area contributed by atoms with Crippen molar-refractivity contribution in [3.8, 4) is 5.75 Å². The Kier molecular flexibility index (Phi) is 7.28. The van der Waals surface area contributed by atoms with Crippen molar-refractivity contribution in [3.63, 3.8) is 0 Å². The molecule has 0 atom stereocenters. The third-order valence-corrected chi connectivity index (χ3v) is 2.99. The van der Waals surface area contributed by atoms with Gasteiger partial charge < -0.3 is 15.8 Å². The summed E-state index contributed by atoms with van der Waals surface area (Å²) in [7, 11) is 0. The third-order valence-electron chi connectivity index (χ3n) is 2.49. The van der Waals surface area contributed by atoms with E-state index in [2.05, 4.69) is 37.9 Å². The number of rotatable bonds is 7. The lowest BCUT2D eigenvalue weighted by Crippen LogP contribution is -2.32. The molecule has 4 nitrogen and oxygen atoms in total. The molecule has 0 aliphatic carbocycles. The van der Waals surface area contributed by atoms with Crippen molar-refractivity contribution >= 4 is 21.9 Å². The average Bonchev–Trinajstić information content (AvgIpc) is 2.39. The summed E-state index contributed by atoms with van der Waals surface area (Å²) in [6.45, 7) is 0.126. The van der Waals surface area contributed by atoms with Crippen LogP contribution in [0, 0.1) is 0 Å². The maximum Gasteiger partial charge on any atom is 0.387 e. The summed E-state index contributed by atoms with van der Waals surface area (Å²) in [6.07, 6.45) is 2.05. The zero-order valence-electron chi connectivity index (χ0n) is 11.2. The fourth-order valence-corrected chi connectivity index (χ4v) is 1.91. The molecule has 1 aromatic carbocycles. The van der Waals surface area contributed by atoms with E-state index >= 15 is 0 Å². The van der Waals surface area contributed by atoms with Gasteiger partial charge in [0.05, 0.1) is 6.54 Å². The number of hydrogen-bond acceptors (Lipinski definition) is 2. The number of alkyl halides is 2. The van der Waals surface area contributed by atoms with Crippen molar-refractivity contribution in [2.24, 2.45) is 10.7 Å². The lowest BCUT2D eigenvalue weighted by Gasteiger charge is -2.10. The molecule has 1 aromatic rings. The van der Waals surface area contributed by atoms with E-state index in [1.54, 1.807) is 12.1 Å². The molecule has 112 valence electrons. The molecule has 0 fully saturated rings. The van der Waals surface area contributed by atoms with E-state index < -0.39 is 6.61 Å². The predicted octanol–water partition coefficient (Wildman–Crippen LogP) is 3.25. The number of nitrogens with zero attached hydrogens (tertiary/aromatic N) is 1. The Bertz CT molecular complexity index is 455. The minimum absolute atomic E-state index is 0.105. The van der Waals surface area contributed by atoms with Gasteiger partial charge >= 0.3 is 6.61 Å². The topological polar surface area (TPSA) is 59.6 Å². The Balaban J connectivity index is 2.69. The van der Waals surface area contributed by atoms with E-state index in [0.717, 1.165) is 23.9 Å². The predicted molar refractivity (Wildman–Crippen MR) is 79.0 cm³/mol. The standard InChI is InChI=1S/C13H18BrF2N3O/c1-2-3-6-18-13(17)19-8-9-7-10(14)4-5-11(9)20-12(15)16/h4-5,7,12H,2-3,6,8H2,1H3,(H3,17,18,19). The normalized spacial score (nSPS) is 11.8. The molecule has 0 radical (unpaired) electrons. The van der Waals surface area contributed by atoms with E-state index in [-0.39, 0.29) is 12.3 Å². The highest BCUT2D eigenvalue weighted by Crippen LogP contribution is 2.25. The van der Waals surface area contributed by atoms with Gasteiger partial charge in [-0.25, -0.2) is 4.99 Å². The minimum atomic E-state index is -2.86. The van der Waals surface area contributed by atoms with Crippen LogP contribution in [0.15, 0.2) is 27.7 Å². The molecule has 0 aromatic heterocycles. The first-order chi connectivity index (χ1) is 9.52. The first-order valence-corrected chi connectivity index (χ1v) is 7.09. The lowest BCUT2D eigenvalue weighted by molar-refractivity contribution is -0.0504. The second-order valence-electron chi connectivity index (χ2n) is 4.11. The highest BCUT2D eigenvalue weighted by molar-refractivity contribution is 9.10. The molecule has 20 heavy (non-hydrogen) atoms. The van der Waals surface area contributed by atoms with Crippen LogP contribution in [0.5, 0.6) is 5.75 Å². The number of ether oxygens (including phenoxy) is 1. The van der Waals surface area contributed by atoms with E-state index in [0.29, 0.717) is 11.5 Å². The van der Waals surface area contributed by atoms with Gasteiger partial charge in [0.1, 0.15) is 5.75 Å². The smallest absolute Gasteiger partial charge is 0.387 e. The molecular weight excluding hydrogens is 332 g/mol. The Hall–Kier alpha value is -1.37. The van der Waals surface area contributed by atoms with Crippen LogP contribution >= 0.6 is 15.9 Å². The number of aliphatic imine (C=N–C) groups is 1. The summed E-state index contributed by atoms with van der Waals surface area (Å²) in [5, 5.41) is 2.96. The van der Waals surface area contributed by atoms with Gasteiger partial charge in [-0.3, -0.25) is 0 Å². The summed E-state index contributed by atoms with van der Waals surface area (Å²) in [4.78, 5) is 4.11. The Morgan fingerprint density at radius 2 is 2.25 bits per heavy atom. The van der Waals surface area contributed by atoms with E-state index in [1.807, 2.05) is 0 Å². The van der Waals surface area contributed by atoms with Gasteiger partial charge in [0.2, 0.25) is 0 Å². The van der Waals surface area contributed by atoms with E-state index in [1.165, 1.54) is 6.07 Å². The summed E-state index contributed by atoms with van der Waals surface area (Å²) < 4.78 is 29.8. The summed E-state index contributed by atoms with van der Waals surface area (Å²) >= 11 is 3.28.